The Bertz CT molecular complexity index is 1100. The minimum atomic E-state index is -0.671. The van der Waals surface area contributed by atoms with Gasteiger partial charge in [-0.1, -0.05) is 11.6 Å². The summed E-state index contributed by atoms with van der Waals surface area (Å²) >= 11 is 6.99. The number of hydrogen-bond donors (Lipinski definition) is 2. The van der Waals surface area contributed by atoms with Gasteiger partial charge >= 0.3 is 0 Å². The highest BCUT2D eigenvalue weighted by Gasteiger charge is 2.48. The number of rotatable bonds is 3. The Hall–Kier alpha value is -2.42. The fraction of sp³-hybridized carbons (Fsp3) is 0.500. The average molecular weight is 474 g/mol. The van der Waals surface area contributed by atoms with Crippen molar-refractivity contribution in [2.24, 2.45) is 0 Å². The summed E-state index contributed by atoms with van der Waals surface area (Å²) < 4.78 is 21.1. The van der Waals surface area contributed by atoms with Crippen molar-refractivity contribution in [1.29, 1.82) is 0 Å². The number of carbonyl (C=O) groups is 1. The highest BCUT2D eigenvalue weighted by atomic mass is 35.5. The molecule has 3 heterocycles. The van der Waals surface area contributed by atoms with Crippen LogP contribution in [-0.4, -0.2) is 73.7 Å². The number of halogens is 2. The molecule has 2 fully saturated rings. The second-order valence-corrected chi connectivity index (χ2v) is 9.86. The van der Waals surface area contributed by atoms with Crippen molar-refractivity contribution in [3.05, 3.63) is 40.3 Å². The van der Waals surface area contributed by atoms with Gasteiger partial charge in [-0.2, -0.15) is 0 Å². The van der Waals surface area contributed by atoms with Crippen LogP contribution >= 0.6 is 11.6 Å². The van der Waals surface area contributed by atoms with E-state index in [2.05, 4.69) is 15.2 Å². The highest BCUT2D eigenvalue weighted by molar-refractivity contribution is 6.34. The Morgan fingerprint density at radius 2 is 2.09 bits per heavy atom. The quantitative estimate of drug-likeness (QED) is 0.665. The van der Waals surface area contributed by atoms with Crippen molar-refractivity contribution in [2.75, 3.05) is 58.0 Å². The summed E-state index contributed by atoms with van der Waals surface area (Å²) in [4.78, 5) is 21.0. The van der Waals surface area contributed by atoms with Crippen LogP contribution in [0.5, 0.6) is 0 Å². The van der Waals surface area contributed by atoms with E-state index in [9.17, 15) is 4.79 Å². The van der Waals surface area contributed by atoms with Gasteiger partial charge in [-0.3, -0.25) is 9.69 Å². The second kappa shape index (κ2) is 8.42. The van der Waals surface area contributed by atoms with E-state index in [1.54, 1.807) is 32.4 Å². The maximum absolute atomic E-state index is 15.6. The highest BCUT2D eigenvalue weighted by Crippen LogP contribution is 2.53. The first kappa shape index (κ1) is 22.4. The first-order chi connectivity index (χ1) is 15.8. The van der Waals surface area contributed by atoms with E-state index in [-0.39, 0.29) is 22.2 Å². The van der Waals surface area contributed by atoms with Crippen molar-refractivity contribution < 1.29 is 13.9 Å². The third-order valence-corrected chi connectivity index (χ3v) is 7.76. The van der Waals surface area contributed by atoms with Crippen LogP contribution in [0.3, 0.4) is 0 Å². The SMILES string of the molecule is CN(C)C(=O)c1c(N)ccc(-c2cnc3c(c2Cl)C2(CCC(N4CCOCC4)C2)CN3)c1F. The normalized spacial score (nSPS) is 24.7. The largest absolute Gasteiger partial charge is 0.398 e. The number of pyridine rings is 1. The van der Waals surface area contributed by atoms with Gasteiger partial charge in [0.15, 0.2) is 0 Å². The molecule has 2 unspecified atom stereocenters. The van der Waals surface area contributed by atoms with E-state index < -0.39 is 11.7 Å². The predicted molar refractivity (Wildman–Crippen MR) is 127 cm³/mol. The topological polar surface area (TPSA) is 83.7 Å². The third-order valence-electron chi connectivity index (χ3n) is 7.37. The molecule has 2 atom stereocenters. The van der Waals surface area contributed by atoms with Crippen molar-refractivity contribution in [2.45, 2.75) is 30.7 Å². The zero-order valence-electron chi connectivity index (χ0n) is 19.0. The average Bonchev–Trinajstić information content (AvgIpc) is 3.40. The summed E-state index contributed by atoms with van der Waals surface area (Å²) in [7, 11) is 3.14. The molecule has 33 heavy (non-hydrogen) atoms. The lowest BCUT2D eigenvalue weighted by Gasteiger charge is -2.33. The third kappa shape index (κ3) is 3.64. The number of nitrogens with two attached hydrogens (primary N) is 1. The van der Waals surface area contributed by atoms with Crippen LogP contribution in [0.4, 0.5) is 15.9 Å². The summed E-state index contributed by atoms with van der Waals surface area (Å²) in [6.45, 7) is 4.22. The van der Waals surface area contributed by atoms with Gasteiger partial charge in [0.05, 0.1) is 23.8 Å². The van der Waals surface area contributed by atoms with Gasteiger partial charge in [-0.05, 0) is 31.4 Å². The van der Waals surface area contributed by atoms with Crippen molar-refractivity contribution >= 4 is 29.0 Å². The minimum absolute atomic E-state index is 0.0995. The lowest BCUT2D eigenvalue weighted by molar-refractivity contribution is 0.0169. The van der Waals surface area contributed by atoms with Crippen LogP contribution in [0.25, 0.3) is 11.1 Å². The van der Waals surface area contributed by atoms with E-state index in [4.69, 9.17) is 22.1 Å². The summed E-state index contributed by atoms with van der Waals surface area (Å²) in [5.41, 5.74) is 7.47. The van der Waals surface area contributed by atoms with Crippen LogP contribution in [0.2, 0.25) is 5.02 Å². The molecule has 176 valence electrons. The molecule has 1 saturated carbocycles. The summed E-state index contributed by atoms with van der Waals surface area (Å²) in [5.74, 6) is -0.388. The molecule has 1 aliphatic carbocycles. The summed E-state index contributed by atoms with van der Waals surface area (Å²) in [6, 6.07) is 3.60. The predicted octanol–water partition coefficient (Wildman–Crippen LogP) is 3.37. The molecule has 0 radical (unpaired) electrons. The van der Waals surface area contributed by atoms with E-state index in [1.165, 1.54) is 4.90 Å². The van der Waals surface area contributed by atoms with E-state index in [1.807, 2.05) is 0 Å². The van der Waals surface area contributed by atoms with Gasteiger partial charge in [0.2, 0.25) is 0 Å². The van der Waals surface area contributed by atoms with Crippen LogP contribution < -0.4 is 11.1 Å². The molecular weight excluding hydrogens is 445 g/mol. The molecule has 1 saturated heterocycles. The van der Waals surface area contributed by atoms with Gasteiger partial charge in [0, 0.05) is 73.8 Å². The molecule has 0 bridgehead atoms. The van der Waals surface area contributed by atoms with E-state index >= 15 is 4.39 Å². The molecule has 7 nitrogen and oxygen atoms in total. The number of morpholine rings is 1. The molecular formula is C24H29ClFN5O2. The molecule has 2 aliphatic heterocycles. The molecule has 9 heteroatoms. The first-order valence-corrected chi connectivity index (χ1v) is 11.7. The minimum Gasteiger partial charge on any atom is -0.398 e. The second-order valence-electron chi connectivity index (χ2n) is 9.48. The van der Waals surface area contributed by atoms with Crippen LogP contribution in [0, 0.1) is 5.82 Å². The lowest BCUT2D eigenvalue weighted by atomic mass is 9.80. The van der Waals surface area contributed by atoms with Crippen molar-refractivity contribution in [3.8, 4) is 11.1 Å². The molecule has 3 aliphatic rings. The number of fused-ring (bicyclic) bond motifs is 2. The summed E-state index contributed by atoms with van der Waals surface area (Å²) in [5, 5.41) is 3.93. The Morgan fingerprint density at radius 3 is 2.82 bits per heavy atom. The number of amides is 1. The van der Waals surface area contributed by atoms with Gasteiger partial charge in [-0.25, -0.2) is 9.37 Å². The van der Waals surface area contributed by atoms with Crippen LogP contribution in [0.15, 0.2) is 18.3 Å². The zero-order chi connectivity index (χ0) is 23.3. The maximum atomic E-state index is 15.6. The number of nitrogens with one attached hydrogen (secondary N) is 1. The monoisotopic (exact) mass is 473 g/mol. The number of nitrogen functional groups attached to an aromatic ring is 1. The fourth-order valence-electron chi connectivity index (χ4n) is 5.62. The number of anilines is 2. The van der Waals surface area contributed by atoms with Crippen molar-refractivity contribution in [3.63, 3.8) is 0 Å². The van der Waals surface area contributed by atoms with Crippen molar-refractivity contribution in [1.82, 2.24) is 14.8 Å². The molecule has 1 aromatic carbocycles. The Kier molecular flexibility index (Phi) is 5.71. The first-order valence-electron chi connectivity index (χ1n) is 11.4. The molecule has 1 aromatic heterocycles. The van der Waals surface area contributed by atoms with Gasteiger partial charge in [0.1, 0.15) is 11.6 Å². The van der Waals surface area contributed by atoms with Gasteiger partial charge < -0.3 is 20.7 Å². The van der Waals surface area contributed by atoms with Crippen LogP contribution in [0.1, 0.15) is 35.2 Å². The molecule has 2 aromatic rings. The fourth-order valence-corrected chi connectivity index (χ4v) is 6.06. The standard InChI is InChI=1S/C24H29ClFN5O2/c1-30(2)23(32)18-17(27)4-3-15(21(18)26)16-12-28-22-19(20(16)25)24(13-29-22)6-5-14(11-24)31-7-9-33-10-8-31/h3-4,12,14H,5-11,13,27H2,1-2H3,(H,28,29). The number of carbonyl (C=O) groups excluding carboxylic acids is 1. The summed E-state index contributed by atoms with van der Waals surface area (Å²) in [6.07, 6.45) is 4.64. The molecule has 1 amide bonds. The molecule has 1 spiro atoms. The Morgan fingerprint density at radius 1 is 1.33 bits per heavy atom. The molecule has 3 N–H and O–H groups in total. The van der Waals surface area contributed by atoms with Gasteiger partial charge in [-0.15, -0.1) is 0 Å². The van der Waals surface area contributed by atoms with Gasteiger partial charge in [0.25, 0.3) is 5.91 Å². The smallest absolute Gasteiger partial charge is 0.258 e. The number of nitrogens with zero attached hydrogens (tertiary/aromatic N) is 3. The number of ether oxygens (including phenoxy) is 1. The Balaban J connectivity index is 1.54. The number of aromatic nitrogens is 1. The number of hydrogen-bond acceptors (Lipinski definition) is 6. The van der Waals surface area contributed by atoms with E-state index in [0.717, 1.165) is 63.5 Å². The Labute approximate surface area is 198 Å². The van der Waals surface area contributed by atoms with E-state index in [0.29, 0.717) is 16.6 Å². The lowest BCUT2D eigenvalue weighted by Crippen LogP contribution is -2.43. The maximum Gasteiger partial charge on any atom is 0.258 e. The molecule has 5 rings (SSSR count). The van der Waals surface area contributed by atoms with Crippen LogP contribution in [-0.2, 0) is 10.2 Å². The number of benzene rings is 1. The zero-order valence-corrected chi connectivity index (χ0v) is 19.7.